The molecule has 10 heteroatoms. The number of sulfonamides is 1. The Morgan fingerprint density at radius 1 is 1.05 bits per heavy atom. The average molecular weight is 566 g/mol. The molecule has 39 heavy (non-hydrogen) atoms. The maximum atomic E-state index is 13.3. The van der Waals surface area contributed by atoms with Crippen LogP contribution in [-0.4, -0.2) is 53.8 Å². The average Bonchev–Trinajstić information content (AvgIpc) is 3.25. The second kappa shape index (κ2) is 11.5. The molecule has 0 amide bonds. The Labute approximate surface area is 233 Å². The maximum absolute atomic E-state index is 13.3. The second-order valence-electron chi connectivity index (χ2n) is 9.92. The number of aryl methyl sites for hydroxylation is 2. The van der Waals surface area contributed by atoms with Crippen molar-refractivity contribution >= 4 is 33.0 Å². The van der Waals surface area contributed by atoms with Gasteiger partial charge >= 0.3 is 0 Å². The number of rotatable bonds is 8. The molecule has 1 aliphatic heterocycles. The molecule has 204 valence electrons. The quantitative estimate of drug-likeness (QED) is 0.283. The highest BCUT2D eigenvalue weighted by Crippen LogP contribution is 2.27. The van der Waals surface area contributed by atoms with E-state index in [1.807, 2.05) is 11.3 Å². The molecule has 1 saturated heterocycles. The first-order valence-corrected chi connectivity index (χ1v) is 15.2. The Kier molecular flexibility index (Phi) is 8.08. The number of aromatic nitrogens is 2. The topological polar surface area (TPSA) is 78.4 Å². The summed E-state index contributed by atoms with van der Waals surface area (Å²) >= 11 is 1.84. The molecule has 0 aliphatic carbocycles. The zero-order valence-electron chi connectivity index (χ0n) is 22.3. The Morgan fingerprint density at radius 2 is 1.74 bits per heavy atom. The lowest BCUT2D eigenvalue weighted by Gasteiger charge is -2.36. The highest BCUT2D eigenvalue weighted by atomic mass is 32.2. The van der Waals surface area contributed by atoms with Gasteiger partial charge in [0, 0.05) is 52.9 Å². The molecule has 1 aliphatic rings. The molecule has 0 atom stereocenters. The van der Waals surface area contributed by atoms with Crippen LogP contribution in [0.3, 0.4) is 0 Å². The third-order valence-corrected chi connectivity index (χ3v) is 10.3. The van der Waals surface area contributed by atoms with Crippen molar-refractivity contribution in [3.05, 3.63) is 88.0 Å². The number of hydrogen-bond acceptors (Lipinski definition) is 7. The number of halogens is 1. The summed E-state index contributed by atoms with van der Waals surface area (Å²) in [5, 5.41) is 3.12. The van der Waals surface area contributed by atoms with Crippen LogP contribution in [0.15, 0.2) is 71.8 Å². The predicted molar refractivity (Wildman–Crippen MR) is 154 cm³/mol. The largest absolute Gasteiger partial charge is 0.324 e. The van der Waals surface area contributed by atoms with Gasteiger partial charge in [0.05, 0.1) is 10.6 Å². The molecule has 2 aromatic carbocycles. The summed E-state index contributed by atoms with van der Waals surface area (Å²) in [6.07, 6.45) is 3.23. The summed E-state index contributed by atoms with van der Waals surface area (Å²) < 4.78 is 41.5. The highest BCUT2D eigenvalue weighted by Gasteiger charge is 2.31. The number of piperidine rings is 1. The van der Waals surface area contributed by atoms with Crippen molar-refractivity contribution in [2.24, 2.45) is 0 Å². The summed E-state index contributed by atoms with van der Waals surface area (Å²) in [5.74, 6) is 0.0590. The highest BCUT2D eigenvalue weighted by molar-refractivity contribution is 7.89. The van der Waals surface area contributed by atoms with Crippen LogP contribution >= 0.6 is 11.3 Å². The fraction of sp³-hybridized carbons (Fsp3) is 0.310. The number of anilines is 2. The summed E-state index contributed by atoms with van der Waals surface area (Å²) in [6, 6.07) is 17.1. The van der Waals surface area contributed by atoms with E-state index in [1.54, 1.807) is 53.0 Å². The minimum absolute atomic E-state index is 0.269. The van der Waals surface area contributed by atoms with Crippen LogP contribution in [0.5, 0.6) is 0 Å². The Bertz CT molecular complexity index is 1510. The zero-order valence-corrected chi connectivity index (χ0v) is 23.9. The smallest absolute Gasteiger partial charge is 0.243 e. The van der Waals surface area contributed by atoms with E-state index in [-0.39, 0.29) is 10.7 Å². The molecule has 0 saturated carbocycles. The minimum atomic E-state index is -3.58. The zero-order chi connectivity index (χ0) is 27.6. The van der Waals surface area contributed by atoms with Crippen molar-refractivity contribution in [2.45, 2.75) is 44.2 Å². The number of benzene rings is 2. The van der Waals surface area contributed by atoms with Gasteiger partial charge in [-0.3, -0.25) is 4.90 Å². The van der Waals surface area contributed by atoms with Gasteiger partial charge in [-0.15, -0.1) is 11.3 Å². The van der Waals surface area contributed by atoms with Crippen molar-refractivity contribution in [3.8, 4) is 11.3 Å². The predicted octanol–water partition coefficient (Wildman–Crippen LogP) is 5.99. The van der Waals surface area contributed by atoms with Crippen LogP contribution < -0.4 is 5.32 Å². The third-order valence-electron chi connectivity index (χ3n) is 7.21. The van der Waals surface area contributed by atoms with E-state index in [0.29, 0.717) is 36.5 Å². The van der Waals surface area contributed by atoms with Gasteiger partial charge in [0.1, 0.15) is 5.82 Å². The molecule has 4 aromatic rings. The fourth-order valence-corrected chi connectivity index (χ4v) is 7.40. The molecule has 5 rings (SSSR count). The second-order valence-corrected chi connectivity index (χ2v) is 13.2. The normalized spacial score (nSPS) is 15.1. The molecule has 7 nitrogen and oxygen atoms in total. The van der Waals surface area contributed by atoms with E-state index in [9.17, 15) is 12.8 Å². The van der Waals surface area contributed by atoms with E-state index in [4.69, 9.17) is 0 Å². The van der Waals surface area contributed by atoms with Gasteiger partial charge in [0.15, 0.2) is 0 Å². The summed E-state index contributed by atoms with van der Waals surface area (Å²) in [7, 11) is -1.45. The Hall–Kier alpha value is -3.18. The van der Waals surface area contributed by atoms with Crippen LogP contribution in [0.2, 0.25) is 0 Å². The number of nitrogens with one attached hydrogen (secondary N) is 1. The molecular weight excluding hydrogens is 533 g/mol. The number of thiophene rings is 1. The van der Waals surface area contributed by atoms with E-state index in [1.165, 1.54) is 27.5 Å². The fourth-order valence-electron chi connectivity index (χ4n) is 4.81. The van der Waals surface area contributed by atoms with Crippen LogP contribution in [-0.2, 0) is 16.6 Å². The molecule has 0 unspecified atom stereocenters. The number of hydrogen-bond donors (Lipinski definition) is 1. The van der Waals surface area contributed by atoms with Crippen molar-refractivity contribution in [2.75, 3.05) is 25.5 Å². The Balaban J connectivity index is 1.19. The van der Waals surface area contributed by atoms with Crippen molar-refractivity contribution in [1.82, 2.24) is 19.2 Å². The van der Waals surface area contributed by atoms with Crippen LogP contribution in [0.25, 0.3) is 11.3 Å². The lowest BCUT2D eigenvalue weighted by atomic mass is 10.1. The molecule has 1 N–H and O–H groups in total. The van der Waals surface area contributed by atoms with Crippen LogP contribution in [0, 0.1) is 19.7 Å². The first-order valence-electron chi connectivity index (χ1n) is 12.9. The standard InChI is InChI=1S/C29H32FN5O2S2/c1-20-18-26(38-21(20)2)19-34(3)25-13-16-35(17-14-25)39(36,37)27-10-8-24(9-11-27)32-29-31-15-12-28(33-29)22-4-6-23(30)7-5-22/h4-12,15,18,25H,13-14,16-17,19H2,1-3H3,(H,31,32,33). The third kappa shape index (κ3) is 6.36. The van der Waals surface area contributed by atoms with E-state index < -0.39 is 10.0 Å². The first-order chi connectivity index (χ1) is 18.7. The van der Waals surface area contributed by atoms with Crippen LogP contribution in [0.1, 0.15) is 28.2 Å². The van der Waals surface area contributed by atoms with Gasteiger partial charge < -0.3 is 5.32 Å². The lowest BCUT2D eigenvalue weighted by molar-refractivity contribution is 0.163. The van der Waals surface area contributed by atoms with Gasteiger partial charge in [-0.1, -0.05) is 0 Å². The minimum Gasteiger partial charge on any atom is -0.324 e. The summed E-state index contributed by atoms with van der Waals surface area (Å²) in [4.78, 5) is 14.1. The monoisotopic (exact) mass is 565 g/mol. The van der Waals surface area contributed by atoms with Gasteiger partial charge in [-0.05, 0) is 100.0 Å². The molecular formula is C29H32FN5O2S2. The van der Waals surface area contributed by atoms with E-state index in [2.05, 4.69) is 47.1 Å². The summed E-state index contributed by atoms with van der Waals surface area (Å²) in [6.45, 7) is 6.19. The van der Waals surface area contributed by atoms with Gasteiger partial charge in [-0.25, -0.2) is 22.8 Å². The van der Waals surface area contributed by atoms with Gasteiger partial charge in [0.2, 0.25) is 16.0 Å². The Morgan fingerprint density at radius 3 is 2.38 bits per heavy atom. The van der Waals surface area contributed by atoms with E-state index >= 15 is 0 Å². The molecule has 2 aromatic heterocycles. The molecule has 0 bridgehead atoms. The van der Waals surface area contributed by atoms with Crippen molar-refractivity contribution < 1.29 is 12.8 Å². The molecule has 3 heterocycles. The van der Waals surface area contributed by atoms with Crippen molar-refractivity contribution in [3.63, 3.8) is 0 Å². The molecule has 0 spiro atoms. The molecule has 0 radical (unpaired) electrons. The SMILES string of the molecule is Cc1cc(CN(C)C2CCN(S(=O)(=O)c3ccc(Nc4nccc(-c5ccc(F)cc5)n4)cc3)CC2)sc1C. The summed E-state index contributed by atoms with van der Waals surface area (Å²) in [5.41, 5.74) is 3.43. The maximum Gasteiger partial charge on any atom is 0.243 e. The van der Waals surface area contributed by atoms with Crippen LogP contribution in [0.4, 0.5) is 16.0 Å². The number of nitrogens with zero attached hydrogens (tertiary/aromatic N) is 4. The van der Waals surface area contributed by atoms with Gasteiger partial charge in [-0.2, -0.15) is 4.31 Å². The molecule has 1 fully saturated rings. The van der Waals surface area contributed by atoms with Crippen molar-refractivity contribution in [1.29, 1.82) is 0 Å². The lowest BCUT2D eigenvalue weighted by Crippen LogP contribution is -2.45. The van der Waals surface area contributed by atoms with E-state index in [0.717, 1.165) is 24.9 Å². The van der Waals surface area contributed by atoms with Gasteiger partial charge in [0.25, 0.3) is 0 Å². The first kappa shape index (κ1) is 27.4.